The van der Waals surface area contributed by atoms with Crippen molar-refractivity contribution in [3.63, 3.8) is 0 Å². The molecule has 6 heteroatoms. The van der Waals surface area contributed by atoms with Crippen LogP contribution in [0.3, 0.4) is 0 Å². The summed E-state index contributed by atoms with van der Waals surface area (Å²) in [6, 6.07) is 7.17. The normalized spacial score (nSPS) is 11.8. The van der Waals surface area contributed by atoms with E-state index in [0.29, 0.717) is 6.04 Å². The highest BCUT2D eigenvalue weighted by Crippen LogP contribution is 2.13. The summed E-state index contributed by atoms with van der Waals surface area (Å²) in [5.41, 5.74) is 0.913. The fraction of sp³-hybridized carbons (Fsp3) is 0.500. The molecule has 0 fully saturated rings. The van der Waals surface area contributed by atoms with E-state index in [1.54, 1.807) is 24.3 Å². The number of anilines is 1. The molecule has 5 nitrogen and oxygen atoms in total. The molecule has 3 N–H and O–H groups in total. The van der Waals surface area contributed by atoms with Gasteiger partial charge in [0.1, 0.15) is 0 Å². The summed E-state index contributed by atoms with van der Waals surface area (Å²) in [4.78, 5) is 0.274. The lowest BCUT2D eigenvalue weighted by molar-refractivity contribution is 0.588. The molecule has 0 aliphatic heterocycles. The average molecular weight is 271 g/mol. The van der Waals surface area contributed by atoms with Gasteiger partial charge in [-0.15, -0.1) is 0 Å². The second-order valence-electron chi connectivity index (χ2n) is 4.27. The van der Waals surface area contributed by atoms with E-state index in [4.69, 9.17) is 0 Å². The fourth-order valence-corrected chi connectivity index (χ4v) is 2.17. The third kappa shape index (κ3) is 4.64. The summed E-state index contributed by atoms with van der Waals surface area (Å²) >= 11 is 0. The minimum absolute atomic E-state index is 0.274. The predicted octanol–water partition coefficient (Wildman–Crippen LogP) is 1.00. The van der Waals surface area contributed by atoms with Gasteiger partial charge in [-0.05, 0) is 31.3 Å². The molecule has 0 saturated carbocycles. The molecular formula is C12H21N3O2S. The van der Waals surface area contributed by atoms with Crippen LogP contribution < -0.4 is 15.4 Å². The molecule has 0 aromatic heterocycles. The number of rotatable bonds is 7. The number of hydrogen-bond donors (Lipinski definition) is 3. The number of sulfonamides is 1. The molecule has 0 saturated heterocycles. The van der Waals surface area contributed by atoms with Crippen LogP contribution in [0.2, 0.25) is 0 Å². The fourth-order valence-electron chi connectivity index (χ4n) is 1.44. The SMILES string of the molecule is CNS(=O)(=O)c1ccc(NCCNC(C)C)cc1. The van der Waals surface area contributed by atoms with E-state index in [9.17, 15) is 8.42 Å². The van der Waals surface area contributed by atoms with Crippen LogP contribution in [0.4, 0.5) is 5.69 Å². The summed E-state index contributed by atoms with van der Waals surface area (Å²) in [5.74, 6) is 0. The lowest BCUT2D eigenvalue weighted by atomic mass is 10.3. The lowest BCUT2D eigenvalue weighted by Crippen LogP contribution is -2.28. The Balaban J connectivity index is 2.51. The third-order valence-electron chi connectivity index (χ3n) is 2.44. The Morgan fingerprint density at radius 2 is 1.72 bits per heavy atom. The zero-order valence-electron chi connectivity index (χ0n) is 11.0. The van der Waals surface area contributed by atoms with Gasteiger partial charge in [-0.2, -0.15) is 0 Å². The zero-order valence-corrected chi connectivity index (χ0v) is 11.8. The van der Waals surface area contributed by atoms with Crippen LogP contribution in [-0.2, 0) is 10.0 Å². The highest BCUT2D eigenvalue weighted by Gasteiger charge is 2.09. The zero-order chi connectivity index (χ0) is 13.6. The molecular weight excluding hydrogens is 250 g/mol. The van der Waals surface area contributed by atoms with Crippen molar-refractivity contribution in [2.45, 2.75) is 24.8 Å². The van der Waals surface area contributed by atoms with Gasteiger partial charge in [0.15, 0.2) is 0 Å². The first-order valence-corrected chi connectivity index (χ1v) is 7.45. The van der Waals surface area contributed by atoms with Crippen LogP contribution in [0.5, 0.6) is 0 Å². The van der Waals surface area contributed by atoms with E-state index in [0.717, 1.165) is 18.8 Å². The van der Waals surface area contributed by atoms with Crippen molar-refractivity contribution >= 4 is 15.7 Å². The maximum atomic E-state index is 11.5. The van der Waals surface area contributed by atoms with Crippen molar-refractivity contribution in [1.82, 2.24) is 10.0 Å². The van der Waals surface area contributed by atoms with E-state index in [1.807, 2.05) is 0 Å². The Kier molecular flexibility index (Phi) is 5.58. The summed E-state index contributed by atoms with van der Waals surface area (Å²) in [6.07, 6.45) is 0. The maximum Gasteiger partial charge on any atom is 0.240 e. The summed E-state index contributed by atoms with van der Waals surface area (Å²) in [5, 5.41) is 6.51. The van der Waals surface area contributed by atoms with Gasteiger partial charge in [0, 0.05) is 24.8 Å². The first-order valence-electron chi connectivity index (χ1n) is 5.96. The van der Waals surface area contributed by atoms with Gasteiger partial charge in [0.2, 0.25) is 10.0 Å². The van der Waals surface area contributed by atoms with Crippen LogP contribution in [0.15, 0.2) is 29.2 Å². The molecule has 18 heavy (non-hydrogen) atoms. The molecule has 0 amide bonds. The van der Waals surface area contributed by atoms with Crippen LogP contribution >= 0.6 is 0 Å². The predicted molar refractivity (Wildman–Crippen MR) is 74.3 cm³/mol. The minimum atomic E-state index is -3.34. The third-order valence-corrected chi connectivity index (χ3v) is 3.87. The molecule has 0 bridgehead atoms. The van der Waals surface area contributed by atoms with Crippen molar-refractivity contribution in [2.24, 2.45) is 0 Å². The van der Waals surface area contributed by atoms with Crippen LogP contribution in [0.1, 0.15) is 13.8 Å². The van der Waals surface area contributed by atoms with Crippen molar-refractivity contribution in [1.29, 1.82) is 0 Å². The van der Waals surface area contributed by atoms with E-state index >= 15 is 0 Å². The average Bonchev–Trinajstić information content (AvgIpc) is 2.35. The molecule has 1 aromatic rings. The summed E-state index contributed by atoms with van der Waals surface area (Å²) < 4.78 is 25.3. The summed E-state index contributed by atoms with van der Waals surface area (Å²) in [7, 11) is -1.94. The summed E-state index contributed by atoms with van der Waals surface area (Å²) in [6.45, 7) is 5.86. The first kappa shape index (κ1) is 14.9. The molecule has 1 rings (SSSR count). The van der Waals surface area contributed by atoms with Crippen LogP contribution in [0.25, 0.3) is 0 Å². The lowest BCUT2D eigenvalue weighted by Gasteiger charge is -2.10. The first-order chi connectivity index (χ1) is 8.45. The van der Waals surface area contributed by atoms with E-state index in [2.05, 4.69) is 29.2 Å². The number of nitrogens with one attached hydrogen (secondary N) is 3. The van der Waals surface area contributed by atoms with Crippen molar-refractivity contribution < 1.29 is 8.42 Å². The largest absolute Gasteiger partial charge is 0.384 e. The molecule has 1 aromatic carbocycles. The Bertz CT molecular complexity index is 455. The van der Waals surface area contributed by atoms with Crippen LogP contribution in [0, 0.1) is 0 Å². The van der Waals surface area contributed by atoms with Crippen molar-refractivity contribution in [3.8, 4) is 0 Å². The van der Waals surface area contributed by atoms with Gasteiger partial charge in [-0.3, -0.25) is 0 Å². The van der Waals surface area contributed by atoms with E-state index in [1.165, 1.54) is 7.05 Å². The Labute approximate surface area is 109 Å². The second-order valence-corrected chi connectivity index (χ2v) is 6.15. The molecule has 0 aliphatic rings. The van der Waals surface area contributed by atoms with Gasteiger partial charge in [0.05, 0.1) is 4.90 Å². The van der Waals surface area contributed by atoms with Crippen molar-refractivity contribution in [3.05, 3.63) is 24.3 Å². The smallest absolute Gasteiger partial charge is 0.240 e. The Morgan fingerprint density at radius 3 is 2.22 bits per heavy atom. The van der Waals surface area contributed by atoms with Crippen molar-refractivity contribution in [2.75, 3.05) is 25.5 Å². The maximum absolute atomic E-state index is 11.5. The minimum Gasteiger partial charge on any atom is -0.384 e. The van der Waals surface area contributed by atoms with Gasteiger partial charge >= 0.3 is 0 Å². The Morgan fingerprint density at radius 1 is 1.11 bits per heavy atom. The topological polar surface area (TPSA) is 70.2 Å². The number of benzene rings is 1. The number of hydrogen-bond acceptors (Lipinski definition) is 4. The highest BCUT2D eigenvalue weighted by atomic mass is 32.2. The molecule has 0 heterocycles. The monoisotopic (exact) mass is 271 g/mol. The molecule has 0 radical (unpaired) electrons. The molecule has 0 unspecified atom stereocenters. The molecule has 0 aliphatic carbocycles. The Hall–Kier alpha value is -1.11. The van der Waals surface area contributed by atoms with Gasteiger partial charge < -0.3 is 10.6 Å². The van der Waals surface area contributed by atoms with E-state index in [-0.39, 0.29) is 4.90 Å². The van der Waals surface area contributed by atoms with Gasteiger partial charge in [-0.25, -0.2) is 13.1 Å². The second kappa shape index (κ2) is 6.72. The molecule has 0 spiro atoms. The van der Waals surface area contributed by atoms with E-state index < -0.39 is 10.0 Å². The standard InChI is InChI=1S/C12H21N3O2S/c1-10(2)14-8-9-15-11-4-6-12(7-5-11)18(16,17)13-3/h4-7,10,13-15H,8-9H2,1-3H3. The molecule has 102 valence electrons. The van der Waals surface area contributed by atoms with Gasteiger partial charge in [0.25, 0.3) is 0 Å². The quantitative estimate of drug-likeness (QED) is 0.647. The highest BCUT2D eigenvalue weighted by molar-refractivity contribution is 7.89. The van der Waals surface area contributed by atoms with Gasteiger partial charge in [-0.1, -0.05) is 13.8 Å². The van der Waals surface area contributed by atoms with Crippen LogP contribution in [-0.4, -0.2) is 34.6 Å². The molecule has 0 atom stereocenters.